The Hall–Kier alpha value is -3.63. The number of pyridine rings is 2. The van der Waals surface area contributed by atoms with Gasteiger partial charge in [0.05, 0.1) is 23.8 Å². The summed E-state index contributed by atoms with van der Waals surface area (Å²) in [6.07, 6.45) is 4.45. The summed E-state index contributed by atoms with van der Waals surface area (Å²) in [5.41, 5.74) is 3.25. The maximum absolute atomic E-state index is 11.2. The fourth-order valence-electron chi connectivity index (χ4n) is 3.74. The Morgan fingerprint density at radius 1 is 1.00 bits per heavy atom. The lowest BCUT2D eigenvalue weighted by atomic mass is 9.70. The molecule has 1 unspecified atom stereocenters. The van der Waals surface area contributed by atoms with Crippen LogP contribution in [0.15, 0.2) is 71.5 Å². The Bertz CT molecular complexity index is 1390. The van der Waals surface area contributed by atoms with Crippen LogP contribution in [-0.4, -0.2) is 34.8 Å². The standard InChI is InChI=1S/C26H28N4O5S/c1-18(2)26(3,23-13-12-22(15-28-23)33-16-21-7-5-6-14-27-21)20-10-8-19(9-11-20)25-29-24(35-30-25)17-34-36(4,31)32/h5-15,18H,16-17H2,1-4H3. The zero-order valence-corrected chi connectivity index (χ0v) is 21.4. The topological polar surface area (TPSA) is 117 Å². The van der Waals surface area contributed by atoms with Crippen molar-refractivity contribution in [3.05, 3.63) is 89.8 Å². The summed E-state index contributed by atoms with van der Waals surface area (Å²) >= 11 is 0. The highest BCUT2D eigenvalue weighted by atomic mass is 32.2. The molecule has 188 valence electrons. The molecule has 0 amide bonds. The third-order valence-corrected chi connectivity index (χ3v) is 6.69. The van der Waals surface area contributed by atoms with Gasteiger partial charge in [0, 0.05) is 17.2 Å². The summed E-state index contributed by atoms with van der Waals surface area (Å²) in [5.74, 6) is 1.37. The minimum absolute atomic E-state index is 0.0843. The van der Waals surface area contributed by atoms with Crippen molar-refractivity contribution in [1.82, 2.24) is 20.1 Å². The molecule has 1 aromatic carbocycles. The highest BCUT2D eigenvalue weighted by Gasteiger charge is 2.34. The summed E-state index contributed by atoms with van der Waals surface area (Å²) in [7, 11) is -3.60. The molecule has 36 heavy (non-hydrogen) atoms. The lowest BCUT2D eigenvalue weighted by molar-refractivity contribution is 0.249. The third kappa shape index (κ3) is 5.95. The Morgan fingerprint density at radius 2 is 1.78 bits per heavy atom. The Labute approximate surface area is 210 Å². The van der Waals surface area contributed by atoms with Crippen LogP contribution in [0.5, 0.6) is 5.75 Å². The van der Waals surface area contributed by atoms with E-state index in [9.17, 15) is 8.42 Å². The van der Waals surface area contributed by atoms with Gasteiger partial charge in [-0.25, -0.2) is 0 Å². The lowest BCUT2D eigenvalue weighted by Crippen LogP contribution is -2.31. The van der Waals surface area contributed by atoms with Gasteiger partial charge >= 0.3 is 0 Å². The number of hydrogen-bond acceptors (Lipinski definition) is 9. The molecule has 3 heterocycles. The van der Waals surface area contributed by atoms with Gasteiger partial charge < -0.3 is 9.26 Å². The molecule has 0 fully saturated rings. The second kappa shape index (κ2) is 10.5. The molecule has 1 atom stereocenters. The second-order valence-corrected chi connectivity index (χ2v) is 10.5. The van der Waals surface area contributed by atoms with Crippen molar-refractivity contribution in [2.45, 2.75) is 39.4 Å². The quantitative estimate of drug-likeness (QED) is 0.284. The molecule has 10 heteroatoms. The van der Waals surface area contributed by atoms with E-state index >= 15 is 0 Å². The Balaban J connectivity index is 1.50. The lowest BCUT2D eigenvalue weighted by Gasteiger charge is -2.34. The number of aromatic nitrogens is 4. The Morgan fingerprint density at radius 3 is 2.39 bits per heavy atom. The summed E-state index contributed by atoms with van der Waals surface area (Å²) in [4.78, 5) is 13.2. The molecule has 0 bridgehead atoms. The van der Waals surface area contributed by atoms with Crippen molar-refractivity contribution in [2.24, 2.45) is 5.92 Å². The molecular formula is C26H28N4O5S. The fraction of sp³-hybridized carbons (Fsp3) is 0.308. The third-order valence-electron chi connectivity index (χ3n) is 6.14. The molecule has 3 aromatic heterocycles. The van der Waals surface area contributed by atoms with Gasteiger partial charge in [0.1, 0.15) is 19.0 Å². The summed E-state index contributed by atoms with van der Waals surface area (Å²) in [6, 6.07) is 17.5. The number of rotatable bonds is 10. The van der Waals surface area contributed by atoms with Gasteiger partial charge in [0.25, 0.3) is 16.0 Å². The van der Waals surface area contributed by atoms with Crippen molar-refractivity contribution in [2.75, 3.05) is 6.26 Å². The van der Waals surface area contributed by atoms with Gasteiger partial charge in [-0.05, 0) is 42.7 Å². The number of benzene rings is 1. The van der Waals surface area contributed by atoms with Crippen LogP contribution >= 0.6 is 0 Å². The van der Waals surface area contributed by atoms with Crippen LogP contribution < -0.4 is 4.74 Å². The first-order chi connectivity index (χ1) is 17.1. The van der Waals surface area contributed by atoms with Gasteiger partial charge in [-0.2, -0.15) is 13.4 Å². The van der Waals surface area contributed by atoms with Crippen molar-refractivity contribution >= 4 is 10.1 Å². The maximum Gasteiger partial charge on any atom is 0.264 e. The second-order valence-electron chi connectivity index (χ2n) is 8.90. The number of nitrogens with zero attached hydrogens (tertiary/aromatic N) is 4. The predicted octanol–water partition coefficient (Wildman–Crippen LogP) is 4.54. The van der Waals surface area contributed by atoms with Crippen molar-refractivity contribution in [1.29, 1.82) is 0 Å². The molecule has 0 saturated carbocycles. The number of hydrogen-bond donors (Lipinski definition) is 0. The molecule has 9 nitrogen and oxygen atoms in total. The first kappa shape index (κ1) is 25.5. The van der Waals surface area contributed by atoms with E-state index in [0.717, 1.165) is 28.8 Å². The van der Waals surface area contributed by atoms with Crippen LogP contribution in [0.25, 0.3) is 11.4 Å². The summed E-state index contributed by atoms with van der Waals surface area (Å²) in [6.45, 7) is 6.56. The van der Waals surface area contributed by atoms with Crippen LogP contribution in [-0.2, 0) is 32.9 Å². The van der Waals surface area contributed by atoms with Crippen LogP contribution in [0, 0.1) is 5.92 Å². The summed E-state index contributed by atoms with van der Waals surface area (Å²) in [5, 5.41) is 3.93. The van der Waals surface area contributed by atoms with Crippen LogP contribution in [0.1, 0.15) is 43.6 Å². The minimum Gasteiger partial charge on any atom is -0.486 e. The van der Waals surface area contributed by atoms with Crippen LogP contribution in [0.3, 0.4) is 0 Å². The highest BCUT2D eigenvalue weighted by Crippen LogP contribution is 2.39. The van der Waals surface area contributed by atoms with E-state index in [1.807, 2.05) is 54.6 Å². The SMILES string of the molecule is CC(C)C(C)(c1ccc(-c2noc(COS(C)(=O)=O)n2)cc1)c1ccc(OCc2ccccn2)cn1. The average molecular weight is 509 g/mol. The molecule has 0 N–H and O–H groups in total. The van der Waals surface area contributed by atoms with E-state index in [0.29, 0.717) is 18.2 Å². The molecule has 0 radical (unpaired) electrons. The van der Waals surface area contributed by atoms with Gasteiger partial charge in [0.15, 0.2) is 0 Å². The zero-order valence-electron chi connectivity index (χ0n) is 20.6. The fourth-order valence-corrected chi connectivity index (χ4v) is 4.06. The van der Waals surface area contributed by atoms with E-state index in [4.69, 9.17) is 18.4 Å². The molecule has 0 aliphatic rings. The average Bonchev–Trinajstić information content (AvgIpc) is 3.35. The first-order valence-electron chi connectivity index (χ1n) is 11.4. The van der Waals surface area contributed by atoms with Crippen LogP contribution in [0.2, 0.25) is 0 Å². The monoisotopic (exact) mass is 508 g/mol. The van der Waals surface area contributed by atoms with E-state index < -0.39 is 10.1 Å². The zero-order chi connectivity index (χ0) is 25.8. The van der Waals surface area contributed by atoms with Gasteiger partial charge in [-0.1, -0.05) is 49.3 Å². The molecule has 4 rings (SSSR count). The van der Waals surface area contributed by atoms with Crippen LogP contribution in [0.4, 0.5) is 0 Å². The van der Waals surface area contributed by atoms with Crippen molar-refractivity contribution in [3.63, 3.8) is 0 Å². The molecule has 0 aliphatic heterocycles. The van der Waals surface area contributed by atoms with Crippen molar-refractivity contribution in [3.8, 4) is 17.1 Å². The first-order valence-corrected chi connectivity index (χ1v) is 13.2. The van der Waals surface area contributed by atoms with Gasteiger partial charge in [-0.15, -0.1) is 0 Å². The molecular weight excluding hydrogens is 480 g/mol. The van der Waals surface area contributed by atoms with Crippen molar-refractivity contribution < 1.29 is 21.9 Å². The summed E-state index contributed by atoms with van der Waals surface area (Å²) < 4.78 is 38.0. The molecule has 0 spiro atoms. The van der Waals surface area contributed by atoms with E-state index in [-0.39, 0.29) is 23.8 Å². The number of ether oxygens (including phenoxy) is 1. The van der Waals surface area contributed by atoms with E-state index in [1.54, 1.807) is 12.4 Å². The minimum atomic E-state index is -3.60. The molecule has 4 aromatic rings. The Kier molecular flexibility index (Phi) is 7.46. The molecule has 0 saturated heterocycles. The highest BCUT2D eigenvalue weighted by molar-refractivity contribution is 7.85. The largest absolute Gasteiger partial charge is 0.486 e. The molecule has 0 aliphatic carbocycles. The normalized spacial score (nSPS) is 13.5. The van der Waals surface area contributed by atoms with E-state index in [1.165, 1.54) is 0 Å². The smallest absolute Gasteiger partial charge is 0.264 e. The predicted molar refractivity (Wildman–Crippen MR) is 133 cm³/mol. The maximum atomic E-state index is 11.2. The van der Waals surface area contributed by atoms with E-state index in [2.05, 4.69) is 35.9 Å². The van der Waals surface area contributed by atoms with Gasteiger partial charge in [0.2, 0.25) is 5.82 Å². The van der Waals surface area contributed by atoms with Gasteiger partial charge in [-0.3, -0.25) is 14.2 Å².